The number of aliphatic imine (C=N–C) groups is 1. The Kier molecular flexibility index (Phi) is 6.58. The molecule has 1 nitrogen and oxygen atoms in total. The molecule has 0 amide bonds. The van der Waals surface area contributed by atoms with Crippen LogP contribution in [0.2, 0.25) is 0 Å². The number of hydrogen-bond donors (Lipinski definition) is 0. The Labute approximate surface area is 152 Å². The first-order valence-corrected chi connectivity index (χ1v) is 9.71. The Hall–Kier alpha value is -1.97. The van der Waals surface area contributed by atoms with Gasteiger partial charge < -0.3 is 0 Å². The van der Waals surface area contributed by atoms with Crippen molar-refractivity contribution >= 4 is 29.7 Å². The van der Waals surface area contributed by atoms with E-state index in [2.05, 4.69) is 77.8 Å². The van der Waals surface area contributed by atoms with Crippen LogP contribution in [0.1, 0.15) is 5.56 Å². The average Bonchev–Trinajstić information content (AvgIpc) is 2.64. The number of rotatable bonds is 7. The topological polar surface area (TPSA) is 12.4 Å². The Morgan fingerprint density at radius 2 is 1.33 bits per heavy atom. The van der Waals surface area contributed by atoms with Gasteiger partial charge in [0.15, 0.2) is 0 Å². The molecule has 0 aliphatic rings. The van der Waals surface area contributed by atoms with E-state index in [-0.39, 0.29) is 0 Å². The molecule has 24 heavy (non-hydrogen) atoms. The maximum atomic E-state index is 4.60. The van der Waals surface area contributed by atoms with Crippen molar-refractivity contribution in [1.82, 2.24) is 0 Å². The summed E-state index contributed by atoms with van der Waals surface area (Å²) in [5, 5.41) is 0. The van der Waals surface area contributed by atoms with Crippen molar-refractivity contribution in [3.05, 3.63) is 90.5 Å². The predicted octanol–water partition coefficient (Wildman–Crippen LogP) is 6.05. The molecule has 3 heteroatoms. The van der Waals surface area contributed by atoms with Crippen LogP contribution in [0.5, 0.6) is 0 Å². The minimum atomic E-state index is 0.823. The monoisotopic (exact) mass is 349 g/mol. The van der Waals surface area contributed by atoms with E-state index >= 15 is 0 Å². The van der Waals surface area contributed by atoms with Crippen LogP contribution < -0.4 is 0 Å². The lowest BCUT2D eigenvalue weighted by Crippen LogP contribution is -1.90. The number of benzene rings is 3. The third-order valence-corrected chi connectivity index (χ3v) is 5.44. The van der Waals surface area contributed by atoms with Crippen LogP contribution in [0.3, 0.4) is 0 Å². The summed E-state index contributed by atoms with van der Waals surface area (Å²) in [6.07, 6.45) is 2.00. The first-order chi connectivity index (χ1) is 11.9. The molecule has 0 saturated heterocycles. The van der Waals surface area contributed by atoms with E-state index in [9.17, 15) is 0 Å². The standard InChI is InChI=1S/C21H19NS2/c1-3-10-19(11-4-1)23-16-15-22-17-18-9-7-8-14-21(18)24-20-12-5-2-6-13-20/h1-14,17H,15-16H2. The van der Waals surface area contributed by atoms with Crippen molar-refractivity contribution in [1.29, 1.82) is 0 Å². The van der Waals surface area contributed by atoms with E-state index < -0.39 is 0 Å². The summed E-state index contributed by atoms with van der Waals surface area (Å²) in [6, 6.07) is 29.3. The summed E-state index contributed by atoms with van der Waals surface area (Å²) >= 11 is 3.62. The molecule has 3 rings (SSSR count). The molecule has 120 valence electrons. The summed E-state index contributed by atoms with van der Waals surface area (Å²) < 4.78 is 0. The molecule has 0 bridgehead atoms. The molecule has 0 saturated carbocycles. The first-order valence-electron chi connectivity index (χ1n) is 7.91. The third kappa shape index (κ3) is 5.29. The minimum absolute atomic E-state index is 0.823. The van der Waals surface area contributed by atoms with E-state index in [0.717, 1.165) is 12.3 Å². The molecular formula is C21H19NS2. The fourth-order valence-electron chi connectivity index (χ4n) is 2.19. The van der Waals surface area contributed by atoms with Gasteiger partial charge in [-0.1, -0.05) is 66.4 Å². The van der Waals surface area contributed by atoms with Crippen LogP contribution in [-0.4, -0.2) is 18.5 Å². The molecule has 0 aliphatic carbocycles. The molecule has 0 heterocycles. The molecule has 3 aromatic carbocycles. The van der Waals surface area contributed by atoms with Crippen molar-refractivity contribution in [2.45, 2.75) is 14.7 Å². The molecule has 0 radical (unpaired) electrons. The maximum absolute atomic E-state index is 4.60. The Bertz CT molecular complexity index is 770. The van der Waals surface area contributed by atoms with Gasteiger partial charge in [0.05, 0.1) is 0 Å². The van der Waals surface area contributed by atoms with Gasteiger partial charge in [-0.3, -0.25) is 4.99 Å². The fraction of sp³-hybridized carbons (Fsp3) is 0.0952. The molecule has 0 aromatic heterocycles. The molecule has 0 N–H and O–H groups in total. The van der Waals surface area contributed by atoms with Crippen LogP contribution in [0.15, 0.2) is 105 Å². The van der Waals surface area contributed by atoms with Gasteiger partial charge in [0.2, 0.25) is 0 Å². The highest BCUT2D eigenvalue weighted by Crippen LogP contribution is 2.29. The third-order valence-electron chi connectivity index (χ3n) is 3.35. The van der Waals surface area contributed by atoms with Gasteiger partial charge in [-0.05, 0) is 30.3 Å². The van der Waals surface area contributed by atoms with E-state index in [1.165, 1.54) is 20.2 Å². The summed E-state index contributed by atoms with van der Waals surface area (Å²) in [7, 11) is 0. The van der Waals surface area contributed by atoms with Crippen LogP contribution >= 0.6 is 23.5 Å². The van der Waals surface area contributed by atoms with Crippen LogP contribution in [0.25, 0.3) is 0 Å². The summed E-state index contributed by atoms with van der Waals surface area (Å²) in [4.78, 5) is 8.39. The van der Waals surface area contributed by atoms with Gasteiger partial charge in [-0.15, -0.1) is 11.8 Å². The normalized spacial score (nSPS) is 11.0. The zero-order valence-electron chi connectivity index (χ0n) is 13.3. The average molecular weight is 350 g/mol. The molecule has 3 aromatic rings. The summed E-state index contributed by atoms with van der Waals surface area (Å²) in [5.74, 6) is 0.995. The second-order valence-corrected chi connectivity index (χ2v) is 7.43. The van der Waals surface area contributed by atoms with Crippen LogP contribution in [-0.2, 0) is 0 Å². The van der Waals surface area contributed by atoms with Crippen LogP contribution in [0.4, 0.5) is 0 Å². The highest BCUT2D eigenvalue weighted by atomic mass is 32.2. The quantitative estimate of drug-likeness (QED) is 0.292. The minimum Gasteiger partial charge on any atom is -0.292 e. The van der Waals surface area contributed by atoms with Crippen LogP contribution in [0, 0.1) is 0 Å². The fourth-order valence-corrected chi connectivity index (χ4v) is 3.91. The van der Waals surface area contributed by atoms with Gasteiger partial charge in [-0.2, -0.15) is 0 Å². The molecule has 0 spiro atoms. The lowest BCUT2D eigenvalue weighted by atomic mass is 10.2. The first kappa shape index (κ1) is 16.9. The SMILES string of the molecule is C(=NCCSc1ccccc1)c1ccccc1Sc1ccccc1. The number of thioether (sulfide) groups is 1. The molecule has 0 aliphatic heterocycles. The van der Waals surface area contributed by atoms with Crippen molar-refractivity contribution in [2.75, 3.05) is 12.3 Å². The summed E-state index contributed by atoms with van der Waals surface area (Å²) in [5.41, 5.74) is 1.18. The van der Waals surface area contributed by atoms with Crippen molar-refractivity contribution < 1.29 is 0 Å². The molecule has 0 atom stereocenters. The maximum Gasteiger partial charge on any atom is 0.0483 e. The van der Waals surface area contributed by atoms with Gasteiger partial charge in [-0.25, -0.2) is 0 Å². The molecular weight excluding hydrogens is 330 g/mol. The second kappa shape index (κ2) is 9.36. The van der Waals surface area contributed by atoms with E-state index in [4.69, 9.17) is 0 Å². The zero-order chi connectivity index (χ0) is 16.5. The molecule has 0 fully saturated rings. The predicted molar refractivity (Wildman–Crippen MR) is 107 cm³/mol. The largest absolute Gasteiger partial charge is 0.292 e. The second-order valence-electron chi connectivity index (χ2n) is 5.15. The zero-order valence-corrected chi connectivity index (χ0v) is 15.0. The van der Waals surface area contributed by atoms with Crippen molar-refractivity contribution in [3.8, 4) is 0 Å². The van der Waals surface area contributed by atoms with E-state index in [1.54, 1.807) is 11.8 Å². The molecule has 0 unspecified atom stereocenters. The highest BCUT2D eigenvalue weighted by Gasteiger charge is 2.01. The van der Waals surface area contributed by atoms with E-state index in [0.29, 0.717) is 0 Å². The lowest BCUT2D eigenvalue weighted by Gasteiger charge is -2.05. The van der Waals surface area contributed by atoms with Crippen molar-refractivity contribution in [3.63, 3.8) is 0 Å². The lowest BCUT2D eigenvalue weighted by molar-refractivity contribution is 1.15. The Morgan fingerprint density at radius 3 is 2.08 bits per heavy atom. The van der Waals surface area contributed by atoms with Gasteiger partial charge in [0, 0.05) is 38.8 Å². The number of nitrogens with zero attached hydrogens (tertiary/aromatic N) is 1. The van der Waals surface area contributed by atoms with E-state index in [1.807, 2.05) is 30.1 Å². The van der Waals surface area contributed by atoms with Gasteiger partial charge >= 0.3 is 0 Å². The Balaban J connectivity index is 1.56. The summed E-state index contributed by atoms with van der Waals surface area (Å²) in [6.45, 7) is 0.823. The highest BCUT2D eigenvalue weighted by molar-refractivity contribution is 7.99. The number of hydrogen-bond acceptors (Lipinski definition) is 3. The Morgan fingerprint density at radius 1 is 0.708 bits per heavy atom. The van der Waals surface area contributed by atoms with Gasteiger partial charge in [0.25, 0.3) is 0 Å². The van der Waals surface area contributed by atoms with Gasteiger partial charge in [0.1, 0.15) is 0 Å². The van der Waals surface area contributed by atoms with Crippen molar-refractivity contribution in [2.24, 2.45) is 4.99 Å². The smallest absolute Gasteiger partial charge is 0.0483 e.